The Balaban J connectivity index is 1.97. The predicted octanol–water partition coefficient (Wildman–Crippen LogP) is 3.74. The van der Waals surface area contributed by atoms with Crippen LogP contribution in [-0.4, -0.2) is 16.0 Å². The molecule has 0 bridgehead atoms. The Labute approximate surface area is 132 Å². The topological polar surface area (TPSA) is 68.0 Å². The van der Waals surface area contributed by atoms with Crippen molar-refractivity contribution >= 4 is 11.7 Å². The average Bonchev–Trinajstić information content (AvgIpc) is 2.92. The van der Waals surface area contributed by atoms with Crippen molar-refractivity contribution in [3.8, 4) is 11.3 Å². The number of halogens is 1. The van der Waals surface area contributed by atoms with Gasteiger partial charge in [0.15, 0.2) is 0 Å². The normalized spacial score (nSPS) is 10.6. The molecule has 3 rings (SSSR count). The molecule has 0 aliphatic heterocycles. The van der Waals surface area contributed by atoms with Crippen LogP contribution < -0.4 is 5.32 Å². The molecule has 1 N–H and O–H groups in total. The summed E-state index contributed by atoms with van der Waals surface area (Å²) in [6.45, 7) is 3.50. The molecule has 1 amide bonds. The van der Waals surface area contributed by atoms with Crippen LogP contribution >= 0.6 is 0 Å². The molecule has 1 aromatic carbocycles. The standard InChI is InChI=1S/C17H14FN3O2/c1-10-4-3-9-19-16(10)20-17(22)14-11(2)23-21-15(14)12-5-7-13(18)8-6-12/h3-9H,1-2H3,(H,19,20,22). The maximum atomic E-state index is 13.1. The van der Waals surface area contributed by atoms with Crippen LogP contribution in [0.25, 0.3) is 11.3 Å². The van der Waals surface area contributed by atoms with E-state index >= 15 is 0 Å². The number of amides is 1. The first-order valence-electron chi connectivity index (χ1n) is 7.01. The van der Waals surface area contributed by atoms with Crippen LogP contribution in [0.15, 0.2) is 47.1 Å². The van der Waals surface area contributed by atoms with Gasteiger partial charge in [0, 0.05) is 11.8 Å². The molecule has 5 nitrogen and oxygen atoms in total. The Kier molecular flexibility index (Phi) is 3.89. The number of pyridine rings is 1. The number of hydrogen-bond donors (Lipinski definition) is 1. The van der Waals surface area contributed by atoms with Gasteiger partial charge in [-0.25, -0.2) is 9.37 Å². The smallest absolute Gasteiger partial charge is 0.262 e. The van der Waals surface area contributed by atoms with Crippen molar-refractivity contribution in [3.05, 3.63) is 65.3 Å². The van der Waals surface area contributed by atoms with Crippen LogP contribution in [0.4, 0.5) is 10.2 Å². The van der Waals surface area contributed by atoms with E-state index in [9.17, 15) is 9.18 Å². The fraction of sp³-hybridized carbons (Fsp3) is 0.118. The zero-order valence-electron chi connectivity index (χ0n) is 12.6. The van der Waals surface area contributed by atoms with E-state index in [1.165, 1.54) is 12.1 Å². The number of nitrogens with zero attached hydrogens (tertiary/aromatic N) is 2. The Bertz CT molecular complexity index is 857. The summed E-state index contributed by atoms with van der Waals surface area (Å²) in [7, 11) is 0. The largest absolute Gasteiger partial charge is 0.360 e. The van der Waals surface area contributed by atoms with Gasteiger partial charge in [0.2, 0.25) is 0 Å². The molecule has 0 radical (unpaired) electrons. The van der Waals surface area contributed by atoms with Crippen LogP contribution in [0.5, 0.6) is 0 Å². The Hall–Kier alpha value is -3.02. The molecule has 23 heavy (non-hydrogen) atoms. The molecule has 0 atom stereocenters. The van der Waals surface area contributed by atoms with Crippen molar-refractivity contribution in [2.75, 3.05) is 5.32 Å². The summed E-state index contributed by atoms with van der Waals surface area (Å²) in [4.78, 5) is 16.7. The minimum atomic E-state index is -0.370. The van der Waals surface area contributed by atoms with Gasteiger partial charge in [-0.3, -0.25) is 4.79 Å². The third-order valence-electron chi connectivity index (χ3n) is 3.45. The molecule has 0 saturated heterocycles. The first kappa shape index (κ1) is 14.9. The van der Waals surface area contributed by atoms with E-state index in [1.54, 1.807) is 31.3 Å². The maximum Gasteiger partial charge on any atom is 0.262 e. The summed E-state index contributed by atoms with van der Waals surface area (Å²) in [5.74, 6) is 0.132. The molecule has 3 aromatic rings. The maximum absolute atomic E-state index is 13.1. The lowest BCUT2D eigenvalue weighted by Crippen LogP contribution is -2.15. The van der Waals surface area contributed by atoms with Gasteiger partial charge in [0.25, 0.3) is 5.91 Å². The molecule has 2 heterocycles. The number of aryl methyl sites for hydroxylation is 2. The van der Waals surface area contributed by atoms with Gasteiger partial charge in [-0.2, -0.15) is 0 Å². The number of benzene rings is 1. The first-order chi connectivity index (χ1) is 11.1. The van der Waals surface area contributed by atoms with Crippen molar-refractivity contribution in [3.63, 3.8) is 0 Å². The van der Waals surface area contributed by atoms with Gasteiger partial charge in [0.05, 0.1) is 0 Å². The quantitative estimate of drug-likeness (QED) is 0.800. The van der Waals surface area contributed by atoms with Gasteiger partial charge in [0.1, 0.15) is 28.7 Å². The third kappa shape index (κ3) is 2.96. The second-order valence-electron chi connectivity index (χ2n) is 5.09. The summed E-state index contributed by atoms with van der Waals surface area (Å²) in [6.07, 6.45) is 1.60. The van der Waals surface area contributed by atoms with Crippen molar-refractivity contribution in [1.29, 1.82) is 0 Å². The summed E-state index contributed by atoms with van der Waals surface area (Å²) in [5, 5.41) is 6.67. The second kappa shape index (κ2) is 6.00. The molecule has 0 fully saturated rings. The highest BCUT2D eigenvalue weighted by atomic mass is 19.1. The summed E-state index contributed by atoms with van der Waals surface area (Å²) in [6, 6.07) is 9.36. The van der Waals surface area contributed by atoms with Gasteiger partial charge in [-0.1, -0.05) is 11.2 Å². The van der Waals surface area contributed by atoms with E-state index < -0.39 is 0 Å². The van der Waals surface area contributed by atoms with E-state index in [0.717, 1.165) is 5.56 Å². The number of carbonyl (C=O) groups is 1. The van der Waals surface area contributed by atoms with Crippen LogP contribution in [0.3, 0.4) is 0 Å². The van der Waals surface area contributed by atoms with E-state index in [0.29, 0.717) is 28.4 Å². The number of carbonyl (C=O) groups excluding carboxylic acids is 1. The molecule has 0 aliphatic rings. The predicted molar refractivity (Wildman–Crippen MR) is 83.6 cm³/mol. The minimum absolute atomic E-state index is 0.307. The van der Waals surface area contributed by atoms with Gasteiger partial charge in [-0.05, 0) is 49.7 Å². The highest BCUT2D eigenvalue weighted by molar-refractivity contribution is 6.08. The van der Waals surface area contributed by atoms with Gasteiger partial charge < -0.3 is 9.84 Å². The summed E-state index contributed by atoms with van der Waals surface area (Å²) in [5.41, 5.74) is 2.12. The molecule has 6 heteroatoms. The fourth-order valence-corrected chi connectivity index (χ4v) is 2.23. The SMILES string of the molecule is Cc1cccnc1NC(=O)c1c(-c2ccc(F)cc2)noc1C. The molecular weight excluding hydrogens is 297 g/mol. The second-order valence-corrected chi connectivity index (χ2v) is 5.09. The van der Waals surface area contributed by atoms with Gasteiger partial charge >= 0.3 is 0 Å². The molecule has 0 aliphatic carbocycles. The van der Waals surface area contributed by atoms with Gasteiger partial charge in [-0.15, -0.1) is 0 Å². The van der Waals surface area contributed by atoms with E-state index in [1.807, 2.05) is 13.0 Å². The van der Waals surface area contributed by atoms with Crippen molar-refractivity contribution < 1.29 is 13.7 Å². The summed E-state index contributed by atoms with van der Waals surface area (Å²) >= 11 is 0. The number of anilines is 1. The van der Waals surface area contributed by atoms with E-state index in [-0.39, 0.29) is 11.7 Å². The highest BCUT2D eigenvalue weighted by Gasteiger charge is 2.22. The molecule has 0 saturated carbocycles. The van der Waals surface area contributed by atoms with E-state index in [2.05, 4.69) is 15.5 Å². The zero-order valence-corrected chi connectivity index (χ0v) is 12.6. The van der Waals surface area contributed by atoms with E-state index in [4.69, 9.17) is 4.52 Å². The van der Waals surface area contributed by atoms with Crippen molar-refractivity contribution in [1.82, 2.24) is 10.1 Å². The lowest BCUT2D eigenvalue weighted by Gasteiger charge is -2.07. The molecule has 2 aromatic heterocycles. The first-order valence-corrected chi connectivity index (χ1v) is 7.01. The van der Waals surface area contributed by atoms with Crippen LogP contribution in [0.2, 0.25) is 0 Å². The fourth-order valence-electron chi connectivity index (χ4n) is 2.23. The van der Waals surface area contributed by atoms with Crippen molar-refractivity contribution in [2.24, 2.45) is 0 Å². The molecule has 0 unspecified atom stereocenters. The minimum Gasteiger partial charge on any atom is -0.360 e. The van der Waals surface area contributed by atoms with Crippen molar-refractivity contribution in [2.45, 2.75) is 13.8 Å². The lowest BCUT2D eigenvalue weighted by atomic mass is 10.1. The Morgan fingerprint density at radius 1 is 1.17 bits per heavy atom. The zero-order chi connectivity index (χ0) is 16.4. The molecular formula is C17H14FN3O2. The Morgan fingerprint density at radius 3 is 2.61 bits per heavy atom. The van der Waals surface area contributed by atoms with Crippen LogP contribution in [-0.2, 0) is 0 Å². The van der Waals surface area contributed by atoms with Crippen LogP contribution in [0, 0.1) is 19.7 Å². The highest BCUT2D eigenvalue weighted by Crippen LogP contribution is 2.26. The number of aromatic nitrogens is 2. The number of rotatable bonds is 3. The monoisotopic (exact) mass is 311 g/mol. The van der Waals surface area contributed by atoms with Crippen LogP contribution in [0.1, 0.15) is 21.7 Å². The average molecular weight is 311 g/mol. The molecule has 116 valence electrons. The Morgan fingerprint density at radius 2 is 1.91 bits per heavy atom. The molecule has 0 spiro atoms. The number of nitrogens with one attached hydrogen (secondary N) is 1. The summed E-state index contributed by atoms with van der Waals surface area (Å²) < 4.78 is 18.2. The lowest BCUT2D eigenvalue weighted by molar-refractivity contribution is 0.102. The third-order valence-corrected chi connectivity index (χ3v) is 3.45. The number of hydrogen-bond acceptors (Lipinski definition) is 4.